The summed E-state index contributed by atoms with van der Waals surface area (Å²) >= 11 is 0. The molecule has 2 aromatic carbocycles. The molecule has 38 heavy (non-hydrogen) atoms. The van der Waals surface area contributed by atoms with Gasteiger partial charge in [0.15, 0.2) is 11.6 Å². The molecule has 0 bridgehead atoms. The molecule has 2 amide bonds. The fourth-order valence-corrected chi connectivity index (χ4v) is 4.55. The van der Waals surface area contributed by atoms with Crippen LogP contribution in [0.15, 0.2) is 58.3 Å². The molecule has 1 atom stereocenters. The van der Waals surface area contributed by atoms with Crippen LogP contribution in [0.25, 0.3) is 10.9 Å². The van der Waals surface area contributed by atoms with Gasteiger partial charge in [-0.05, 0) is 42.3 Å². The molecule has 0 saturated carbocycles. The predicted molar refractivity (Wildman–Crippen MR) is 134 cm³/mol. The van der Waals surface area contributed by atoms with Crippen LogP contribution in [0.3, 0.4) is 0 Å². The molecule has 2 aromatic heterocycles. The Bertz CT molecular complexity index is 1590. The molecule has 4 aromatic rings. The normalized spacial score (nSPS) is 15.6. The summed E-state index contributed by atoms with van der Waals surface area (Å²) in [5.41, 5.74) is 2.91. The topological polar surface area (TPSA) is 143 Å². The van der Waals surface area contributed by atoms with Gasteiger partial charge < -0.3 is 15.2 Å². The van der Waals surface area contributed by atoms with Crippen molar-refractivity contribution in [1.29, 1.82) is 0 Å². The number of Topliss-reactive ketones (excluding diaryl/α,β-unsaturated/α-hetero) is 1. The second-order valence-corrected chi connectivity index (χ2v) is 9.14. The molecule has 0 aliphatic carbocycles. The van der Waals surface area contributed by atoms with Crippen LogP contribution in [0.2, 0.25) is 0 Å². The van der Waals surface area contributed by atoms with Crippen LogP contribution >= 0.6 is 0 Å². The second kappa shape index (κ2) is 10.4. The lowest BCUT2D eigenvalue weighted by Gasteiger charge is -2.28. The first kappa shape index (κ1) is 25.0. The number of aromatic nitrogens is 4. The van der Waals surface area contributed by atoms with E-state index in [9.17, 15) is 18.8 Å². The Morgan fingerprint density at radius 3 is 2.84 bits per heavy atom. The highest BCUT2D eigenvalue weighted by molar-refractivity contribution is 6.02. The molecule has 1 aliphatic heterocycles. The Morgan fingerprint density at radius 1 is 1.21 bits per heavy atom. The lowest BCUT2D eigenvalue weighted by molar-refractivity contribution is -0.121. The fourth-order valence-electron chi connectivity index (χ4n) is 4.55. The van der Waals surface area contributed by atoms with E-state index >= 15 is 0 Å². The molecular formula is C27H25FN6O4. The van der Waals surface area contributed by atoms with Gasteiger partial charge in [-0.25, -0.2) is 4.39 Å². The molecule has 10 nitrogen and oxygen atoms in total. The second-order valence-electron chi connectivity index (χ2n) is 9.14. The molecule has 0 spiro atoms. The number of aryl methyl sites for hydroxylation is 1. The summed E-state index contributed by atoms with van der Waals surface area (Å²) < 4.78 is 19.7. The highest BCUT2D eigenvalue weighted by atomic mass is 19.1. The van der Waals surface area contributed by atoms with Crippen molar-refractivity contribution < 1.29 is 23.3 Å². The summed E-state index contributed by atoms with van der Waals surface area (Å²) in [7, 11) is 0. The SMILES string of the molecule is CCc1nc(CNC(=O)c2cc(C3NC(=O)CC(C)=C3C(=O)Cc3ccc4[nH]ncc4c3)ccc2F)no1. The molecule has 3 N–H and O–H groups in total. The molecule has 3 heterocycles. The minimum atomic E-state index is -0.821. The largest absolute Gasteiger partial charge is 0.345 e. The Morgan fingerprint density at radius 2 is 2.05 bits per heavy atom. The van der Waals surface area contributed by atoms with Crippen LogP contribution in [-0.2, 0) is 29.0 Å². The Labute approximate surface area is 216 Å². The molecule has 11 heteroatoms. The molecule has 194 valence electrons. The van der Waals surface area contributed by atoms with Gasteiger partial charge in [-0.1, -0.05) is 29.8 Å². The van der Waals surface area contributed by atoms with Gasteiger partial charge in [0.25, 0.3) is 5.91 Å². The van der Waals surface area contributed by atoms with E-state index in [2.05, 4.69) is 31.0 Å². The van der Waals surface area contributed by atoms with Crippen molar-refractivity contribution in [3.63, 3.8) is 0 Å². The number of fused-ring (bicyclic) bond motifs is 1. The van der Waals surface area contributed by atoms with Crippen LogP contribution in [0, 0.1) is 5.82 Å². The summed E-state index contributed by atoms with van der Waals surface area (Å²) in [4.78, 5) is 42.9. The van der Waals surface area contributed by atoms with E-state index in [4.69, 9.17) is 4.52 Å². The van der Waals surface area contributed by atoms with E-state index in [1.54, 1.807) is 13.1 Å². The zero-order chi connectivity index (χ0) is 26.8. The number of hydrogen-bond acceptors (Lipinski definition) is 7. The van der Waals surface area contributed by atoms with Gasteiger partial charge in [-0.15, -0.1) is 0 Å². The van der Waals surface area contributed by atoms with E-state index in [-0.39, 0.29) is 42.5 Å². The maximum absolute atomic E-state index is 14.7. The van der Waals surface area contributed by atoms with Crippen molar-refractivity contribution in [2.24, 2.45) is 0 Å². The highest BCUT2D eigenvalue weighted by Crippen LogP contribution is 2.32. The number of aromatic amines is 1. The van der Waals surface area contributed by atoms with E-state index in [0.29, 0.717) is 29.0 Å². The maximum atomic E-state index is 14.7. The molecule has 0 saturated heterocycles. The number of ketones is 1. The van der Waals surface area contributed by atoms with Crippen molar-refractivity contribution in [2.45, 2.75) is 45.7 Å². The number of rotatable bonds is 8. The first-order chi connectivity index (χ1) is 18.3. The molecule has 5 rings (SSSR count). The standard InChI is InChI=1S/C27H25FN6O4/c1-3-24-31-22(34-38-24)13-29-27(37)18-11-16(5-6-19(18)28)26-25(14(2)8-23(36)32-26)21(35)10-15-4-7-20-17(9-15)12-30-33-20/h4-7,9,11-12,26H,3,8,10,13H2,1-2H3,(H,29,37)(H,30,33)(H,32,36). The number of hydrogen-bond donors (Lipinski definition) is 3. The third-order valence-electron chi connectivity index (χ3n) is 6.44. The van der Waals surface area contributed by atoms with Crippen molar-refractivity contribution >= 4 is 28.5 Å². The summed E-state index contributed by atoms with van der Waals surface area (Å²) in [5.74, 6) is -1.16. The molecule has 1 unspecified atom stereocenters. The number of carbonyl (C=O) groups is 3. The van der Waals surface area contributed by atoms with Gasteiger partial charge in [0, 0.05) is 30.2 Å². The Hall–Kier alpha value is -4.67. The van der Waals surface area contributed by atoms with E-state index < -0.39 is 17.8 Å². The van der Waals surface area contributed by atoms with Gasteiger partial charge >= 0.3 is 0 Å². The fraction of sp³-hybridized carbons (Fsp3) is 0.259. The number of carbonyl (C=O) groups excluding carboxylic acids is 3. The smallest absolute Gasteiger partial charge is 0.254 e. The molecule has 0 radical (unpaired) electrons. The van der Waals surface area contributed by atoms with Gasteiger partial charge in [-0.3, -0.25) is 19.5 Å². The predicted octanol–water partition coefficient (Wildman–Crippen LogP) is 3.27. The summed E-state index contributed by atoms with van der Waals surface area (Å²) in [6.45, 7) is 3.55. The average Bonchev–Trinajstić information content (AvgIpc) is 3.56. The Balaban J connectivity index is 1.39. The van der Waals surface area contributed by atoms with Gasteiger partial charge in [0.2, 0.25) is 11.8 Å². The highest BCUT2D eigenvalue weighted by Gasteiger charge is 2.31. The van der Waals surface area contributed by atoms with Crippen LogP contribution in [0.1, 0.15) is 59.5 Å². The van der Waals surface area contributed by atoms with E-state index in [0.717, 1.165) is 22.5 Å². The summed E-state index contributed by atoms with van der Waals surface area (Å²) in [6.07, 6.45) is 2.43. The number of nitrogens with one attached hydrogen (secondary N) is 3. The van der Waals surface area contributed by atoms with Crippen LogP contribution in [0.5, 0.6) is 0 Å². The van der Waals surface area contributed by atoms with Crippen molar-refractivity contribution in [2.75, 3.05) is 0 Å². The van der Waals surface area contributed by atoms with E-state index in [1.807, 2.05) is 25.1 Å². The first-order valence-electron chi connectivity index (χ1n) is 12.2. The molecular weight excluding hydrogens is 491 g/mol. The summed E-state index contributed by atoms with van der Waals surface area (Å²) in [6, 6.07) is 8.74. The third-order valence-corrected chi connectivity index (χ3v) is 6.44. The van der Waals surface area contributed by atoms with Crippen LogP contribution in [-0.4, -0.2) is 37.9 Å². The number of H-pyrrole nitrogens is 1. The van der Waals surface area contributed by atoms with E-state index in [1.165, 1.54) is 12.1 Å². The zero-order valence-electron chi connectivity index (χ0n) is 20.8. The minimum Gasteiger partial charge on any atom is -0.345 e. The zero-order valence-corrected chi connectivity index (χ0v) is 20.8. The van der Waals surface area contributed by atoms with Crippen molar-refractivity contribution in [3.8, 4) is 0 Å². The minimum absolute atomic E-state index is 0.0457. The lowest BCUT2D eigenvalue weighted by atomic mass is 9.85. The number of amides is 2. The number of halogens is 1. The van der Waals surface area contributed by atoms with Crippen molar-refractivity contribution in [1.82, 2.24) is 31.0 Å². The third kappa shape index (κ3) is 5.08. The monoisotopic (exact) mass is 516 g/mol. The number of nitrogens with zero attached hydrogens (tertiary/aromatic N) is 3. The quantitative estimate of drug-likeness (QED) is 0.326. The van der Waals surface area contributed by atoms with Crippen LogP contribution in [0.4, 0.5) is 4.39 Å². The molecule has 1 aliphatic rings. The van der Waals surface area contributed by atoms with Gasteiger partial charge in [0.05, 0.1) is 29.9 Å². The summed E-state index contributed by atoms with van der Waals surface area (Å²) in [5, 5.41) is 17.0. The van der Waals surface area contributed by atoms with Crippen molar-refractivity contribution in [3.05, 3.63) is 88.0 Å². The Kier molecular flexibility index (Phi) is 6.82. The first-order valence-corrected chi connectivity index (χ1v) is 12.2. The van der Waals surface area contributed by atoms with Gasteiger partial charge in [0.1, 0.15) is 5.82 Å². The van der Waals surface area contributed by atoms with Crippen LogP contribution < -0.4 is 10.6 Å². The lowest BCUT2D eigenvalue weighted by Crippen LogP contribution is -2.37. The molecule has 0 fully saturated rings. The van der Waals surface area contributed by atoms with Gasteiger partial charge in [-0.2, -0.15) is 10.1 Å². The average molecular weight is 517 g/mol. The number of benzene rings is 2. The maximum Gasteiger partial charge on any atom is 0.254 e.